The Balaban J connectivity index is 1.57. The van der Waals surface area contributed by atoms with Crippen LogP contribution in [-0.2, 0) is 5.60 Å². The van der Waals surface area contributed by atoms with Crippen molar-refractivity contribution >= 4 is 5.91 Å². The van der Waals surface area contributed by atoms with E-state index >= 15 is 0 Å². The minimum atomic E-state index is -1.07. The van der Waals surface area contributed by atoms with Crippen molar-refractivity contribution < 1.29 is 9.90 Å². The molecule has 0 unspecified atom stereocenters. The van der Waals surface area contributed by atoms with Crippen molar-refractivity contribution in [2.75, 3.05) is 13.1 Å². The van der Waals surface area contributed by atoms with Crippen molar-refractivity contribution in [1.29, 1.82) is 0 Å². The van der Waals surface area contributed by atoms with E-state index in [2.05, 4.69) is 10.2 Å². The highest BCUT2D eigenvalue weighted by molar-refractivity contribution is 5.92. The Hall–Kier alpha value is -2.92. The maximum absolute atomic E-state index is 12.7. The molecule has 0 spiro atoms. The topological polar surface area (TPSA) is 69.2 Å². The number of carbonyl (C=O) groups is 1. The predicted octanol–water partition coefficient (Wildman–Crippen LogP) is 3.51. The number of carbonyl (C=O) groups excluding carboxylic acids is 1. The Morgan fingerprint density at radius 3 is 2.04 bits per heavy atom. The minimum absolute atomic E-state index is 0.0299. The van der Waals surface area contributed by atoms with Crippen LogP contribution in [0.2, 0.25) is 0 Å². The van der Waals surface area contributed by atoms with Gasteiger partial charge in [0.15, 0.2) is 0 Å². The Kier molecular flexibility index (Phi) is 5.01. The Labute approximate surface area is 165 Å². The first-order valence-corrected chi connectivity index (χ1v) is 9.73. The number of aliphatic hydroxyl groups is 1. The minimum Gasteiger partial charge on any atom is -0.380 e. The van der Waals surface area contributed by atoms with Crippen LogP contribution in [0.15, 0.2) is 66.7 Å². The lowest BCUT2D eigenvalue weighted by atomic mass is 9.72. The lowest BCUT2D eigenvalue weighted by Gasteiger charge is -2.42. The number of hydrogen-bond acceptors (Lipinski definition) is 3. The summed E-state index contributed by atoms with van der Waals surface area (Å²) in [4.78, 5) is 14.5. The molecule has 5 nitrogen and oxygen atoms in total. The van der Waals surface area contributed by atoms with Crippen LogP contribution < -0.4 is 0 Å². The van der Waals surface area contributed by atoms with Gasteiger partial charge < -0.3 is 10.0 Å². The summed E-state index contributed by atoms with van der Waals surface area (Å²) in [6, 6.07) is 21.5. The van der Waals surface area contributed by atoms with Crippen molar-refractivity contribution in [2.45, 2.75) is 25.4 Å². The largest absolute Gasteiger partial charge is 0.380 e. The number of piperidine rings is 1. The average molecular weight is 375 g/mol. The van der Waals surface area contributed by atoms with Gasteiger partial charge in [0.05, 0.1) is 0 Å². The molecule has 3 aromatic rings. The molecular weight excluding hydrogens is 350 g/mol. The molecule has 0 atom stereocenters. The molecular formula is C23H25N3O2. The molecule has 0 bridgehead atoms. The molecule has 28 heavy (non-hydrogen) atoms. The number of H-pyrrole nitrogens is 1. The van der Waals surface area contributed by atoms with Crippen LogP contribution in [0.25, 0.3) is 0 Å². The van der Waals surface area contributed by atoms with Gasteiger partial charge in [-0.2, -0.15) is 5.10 Å². The quantitative estimate of drug-likeness (QED) is 0.733. The highest BCUT2D eigenvalue weighted by Crippen LogP contribution is 2.41. The van der Waals surface area contributed by atoms with E-state index in [1.54, 1.807) is 6.07 Å². The second kappa shape index (κ2) is 7.60. The third-order valence-corrected chi connectivity index (χ3v) is 5.73. The van der Waals surface area contributed by atoms with E-state index in [1.165, 1.54) is 0 Å². The summed E-state index contributed by atoms with van der Waals surface area (Å²) < 4.78 is 0. The summed E-state index contributed by atoms with van der Waals surface area (Å²) in [5, 5.41) is 18.8. The van der Waals surface area contributed by atoms with E-state index in [1.807, 2.05) is 72.5 Å². The zero-order valence-electron chi connectivity index (χ0n) is 16.0. The first kappa shape index (κ1) is 18.4. The average Bonchev–Trinajstić information content (AvgIpc) is 3.20. The van der Waals surface area contributed by atoms with Gasteiger partial charge in [0.2, 0.25) is 0 Å². The van der Waals surface area contributed by atoms with Gasteiger partial charge in [-0.1, -0.05) is 60.7 Å². The zero-order valence-corrected chi connectivity index (χ0v) is 16.0. The number of hydrogen-bond donors (Lipinski definition) is 2. The molecule has 2 N–H and O–H groups in total. The molecule has 1 aliphatic heterocycles. The summed E-state index contributed by atoms with van der Waals surface area (Å²) in [5.41, 5.74) is 2.06. The Bertz CT molecular complexity index is 889. The molecule has 1 fully saturated rings. The molecule has 0 saturated carbocycles. The second-order valence-corrected chi connectivity index (χ2v) is 7.50. The van der Waals surface area contributed by atoms with Crippen molar-refractivity contribution in [1.82, 2.24) is 15.1 Å². The van der Waals surface area contributed by atoms with E-state index < -0.39 is 5.60 Å². The van der Waals surface area contributed by atoms with Crippen LogP contribution in [0.3, 0.4) is 0 Å². The standard InChI is InChI=1S/C23H25N3O2/c1-17-16-21(25-24-17)22(27)26-14-12-20(13-15-26)23(28,18-8-4-2-5-9-18)19-10-6-3-7-11-19/h2-11,16,20,28H,12-15H2,1H3,(H,24,25). The second-order valence-electron chi connectivity index (χ2n) is 7.50. The summed E-state index contributed by atoms with van der Waals surface area (Å²) in [7, 11) is 0. The normalized spacial score (nSPS) is 15.6. The molecule has 4 rings (SSSR count). The van der Waals surface area contributed by atoms with Gasteiger partial charge in [-0.3, -0.25) is 9.89 Å². The van der Waals surface area contributed by atoms with Gasteiger partial charge in [-0.05, 0) is 42.9 Å². The van der Waals surface area contributed by atoms with Crippen LogP contribution >= 0.6 is 0 Å². The van der Waals surface area contributed by atoms with E-state index in [0.717, 1.165) is 29.7 Å². The summed E-state index contributed by atoms with van der Waals surface area (Å²) in [5.74, 6) is -0.0203. The lowest BCUT2D eigenvalue weighted by Crippen LogP contribution is -2.46. The van der Waals surface area contributed by atoms with Crippen molar-refractivity contribution in [3.63, 3.8) is 0 Å². The molecule has 0 aliphatic carbocycles. The summed E-state index contributed by atoms with van der Waals surface area (Å²) in [6.07, 6.45) is 1.46. The van der Waals surface area contributed by atoms with Crippen LogP contribution in [0, 0.1) is 12.8 Å². The van der Waals surface area contributed by atoms with Gasteiger partial charge in [0.1, 0.15) is 11.3 Å². The third-order valence-electron chi connectivity index (χ3n) is 5.73. The Morgan fingerprint density at radius 2 is 1.57 bits per heavy atom. The van der Waals surface area contributed by atoms with Gasteiger partial charge >= 0.3 is 0 Å². The maximum Gasteiger partial charge on any atom is 0.274 e. The number of aromatic amines is 1. The van der Waals surface area contributed by atoms with Gasteiger partial charge in [-0.25, -0.2) is 0 Å². The number of likely N-dealkylation sites (tertiary alicyclic amines) is 1. The smallest absolute Gasteiger partial charge is 0.274 e. The number of amides is 1. The lowest BCUT2D eigenvalue weighted by molar-refractivity contribution is -0.0123. The number of aryl methyl sites for hydroxylation is 1. The first-order valence-electron chi connectivity index (χ1n) is 9.73. The number of nitrogens with one attached hydrogen (secondary N) is 1. The van der Waals surface area contributed by atoms with Gasteiger partial charge in [-0.15, -0.1) is 0 Å². The fourth-order valence-electron chi connectivity index (χ4n) is 4.21. The number of benzene rings is 2. The number of nitrogens with zero attached hydrogens (tertiary/aromatic N) is 2. The van der Waals surface area contributed by atoms with E-state index in [4.69, 9.17) is 0 Å². The highest BCUT2D eigenvalue weighted by atomic mass is 16.3. The van der Waals surface area contributed by atoms with Crippen LogP contribution in [-0.4, -0.2) is 39.2 Å². The molecule has 2 heterocycles. The van der Waals surface area contributed by atoms with Crippen molar-refractivity contribution in [2.24, 2.45) is 5.92 Å². The molecule has 0 radical (unpaired) electrons. The van der Waals surface area contributed by atoms with Gasteiger partial charge in [0.25, 0.3) is 5.91 Å². The van der Waals surface area contributed by atoms with Crippen LogP contribution in [0.4, 0.5) is 0 Å². The van der Waals surface area contributed by atoms with Gasteiger partial charge in [0, 0.05) is 18.8 Å². The molecule has 2 aromatic carbocycles. The molecule has 1 saturated heterocycles. The fraction of sp³-hybridized carbons (Fsp3) is 0.304. The molecule has 144 valence electrons. The van der Waals surface area contributed by atoms with Crippen LogP contribution in [0.1, 0.15) is 40.2 Å². The monoisotopic (exact) mass is 375 g/mol. The van der Waals surface area contributed by atoms with E-state index in [9.17, 15) is 9.90 Å². The summed E-state index contributed by atoms with van der Waals surface area (Å²) >= 11 is 0. The zero-order chi connectivity index (χ0) is 19.6. The fourth-order valence-corrected chi connectivity index (χ4v) is 4.21. The third kappa shape index (κ3) is 3.34. The number of rotatable bonds is 4. The predicted molar refractivity (Wildman–Crippen MR) is 108 cm³/mol. The van der Waals surface area contributed by atoms with E-state index in [-0.39, 0.29) is 11.8 Å². The SMILES string of the molecule is Cc1cc(C(=O)N2CCC(C(O)(c3ccccc3)c3ccccc3)CC2)n[nH]1. The van der Waals surface area contributed by atoms with E-state index in [0.29, 0.717) is 18.8 Å². The molecule has 1 aliphatic rings. The summed E-state index contributed by atoms with van der Waals surface area (Å²) in [6.45, 7) is 3.10. The van der Waals surface area contributed by atoms with Crippen LogP contribution in [0.5, 0.6) is 0 Å². The highest BCUT2D eigenvalue weighted by Gasteiger charge is 2.42. The first-order chi connectivity index (χ1) is 13.6. The number of aromatic nitrogens is 2. The maximum atomic E-state index is 12.7. The molecule has 1 amide bonds. The Morgan fingerprint density at radius 1 is 1.04 bits per heavy atom. The van der Waals surface area contributed by atoms with Crippen molar-refractivity contribution in [3.05, 3.63) is 89.2 Å². The molecule has 1 aromatic heterocycles. The van der Waals surface area contributed by atoms with Crippen molar-refractivity contribution in [3.8, 4) is 0 Å². The molecule has 5 heteroatoms.